The van der Waals surface area contributed by atoms with Gasteiger partial charge in [0.25, 0.3) is 0 Å². The Hall–Kier alpha value is -1.78. The molecule has 1 atom stereocenters. The van der Waals surface area contributed by atoms with Crippen LogP contribution in [0.2, 0.25) is 0 Å². The van der Waals surface area contributed by atoms with Crippen molar-refractivity contribution in [3.8, 4) is 5.75 Å². The number of nitrogen functional groups attached to an aromatic ring is 4. The molecule has 1 unspecified atom stereocenters. The van der Waals surface area contributed by atoms with Gasteiger partial charge in [0.15, 0.2) is 0 Å². The number of fused-ring (bicyclic) bond motifs is 1. The van der Waals surface area contributed by atoms with Crippen molar-refractivity contribution in [2.24, 2.45) is 0 Å². The van der Waals surface area contributed by atoms with Gasteiger partial charge in [-0.15, -0.1) is 0 Å². The number of ether oxygens (including phenoxy) is 1. The molecule has 8 N–H and O–H groups in total. The second-order valence-corrected chi connectivity index (χ2v) is 3.61. The molecule has 0 saturated carbocycles. The zero-order valence-corrected chi connectivity index (χ0v) is 8.00. The van der Waals surface area contributed by atoms with Crippen LogP contribution in [0.15, 0.2) is 0 Å². The van der Waals surface area contributed by atoms with Crippen LogP contribution in [0.3, 0.4) is 0 Å². The van der Waals surface area contributed by atoms with Crippen molar-refractivity contribution >= 4 is 22.7 Å². The van der Waals surface area contributed by atoms with Gasteiger partial charge < -0.3 is 27.7 Å². The van der Waals surface area contributed by atoms with E-state index in [1.165, 1.54) is 0 Å². The smallest absolute Gasteiger partial charge is 0.150 e. The normalized spacial score (nSPS) is 19.1. The molecule has 0 spiro atoms. The molecule has 5 heteroatoms. The van der Waals surface area contributed by atoms with Crippen molar-refractivity contribution in [3.63, 3.8) is 0 Å². The first kappa shape index (κ1) is 8.80. The van der Waals surface area contributed by atoms with E-state index >= 15 is 0 Å². The predicted octanol–water partition coefficient (Wildman–Crippen LogP) is 0.511. The summed E-state index contributed by atoms with van der Waals surface area (Å²) in [5.41, 5.74) is 25.5. The molecule has 0 fully saturated rings. The van der Waals surface area contributed by atoms with Crippen molar-refractivity contribution in [2.45, 2.75) is 12.8 Å². The lowest BCUT2D eigenvalue weighted by Gasteiger charge is -2.13. The fourth-order valence-electron chi connectivity index (χ4n) is 1.76. The zero-order chi connectivity index (χ0) is 10.5. The number of nitrogens with two attached hydrogens (primary N) is 4. The van der Waals surface area contributed by atoms with Crippen LogP contribution in [-0.2, 0) is 0 Å². The van der Waals surface area contributed by atoms with Crippen molar-refractivity contribution in [1.82, 2.24) is 0 Å². The minimum atomic E-state index is 0.218. The summed E-state index contributed by atoms with van der Waals surface area (Å²) in [4.78, 5) is 0. The van der Waals surface area contributed by atoms with Gasteiger partial charge in [-0.2, -0.15) is 0 Å². The molecule has 2 rings (SSSR count). The highest BCUT2D eigenvalue weighted by Crippen LogP contribution is 2.48. The van der Waals surface area contributed by atoms with Gasteiger partial charge in [0, 0.05) is 11.5 Å². The van der Waals surface area contributed by atoms with Crippen molar-refractivity contribution < 1.29 is 4.74 Å². The summed E-state index contributed by atoms with van der Waals surface area (Å²) < 4.78 is 5.42. The Labute approximate surface area is 82.0 Å². The Morgan fingerprint density at radius 3 is 2.21 bits per heavy atom. The third-order valence-corrected chi connectivity index (χ3v) is 2.62. The number of rotatable bonds is 0. The van der Waals surface area contributed by atoms with Gasteiger partial charge in [0.2, 0.25) is 0 Å². The highest BCUT2D eigenvalue weighted by atomic mass is 16.5. The molecule has 1 aliphatic rings. The summed E-state index contributed by atoms with van der Waals surface area (Å²) in [7, 11) is 0. The van der Waals surface area contributed by atoms with E-state index in [1.54, 1.807) is 0 Å². The molecule has 0 saturated heterocycles. The summed E-state index contributed by atoms with van der Waals surface area (Å²) in [5, 5.41) is 0. The Morgan fingerprint density at radius 2 is 1.57 bits per heavy atom. The molecule has 1 aliphatic heterocycles. The van der Waals surface area contributed by atoms with E-state index in [0.717, 1.165) is 5.56 Å². The van der Waals surface area contributed by atoms with E-state index in [-0.39, 0.29) is 5.92 Å². The number of hydrogen-bond acceptors (Lipinski definition) is 5. The van der Waals surface area contributed by atoms with Crippen LogP contribution in [0, 0.1) is 0 Å². The third kappa shape index (κ3) is 0.891. The first-order valence-corrected chi connectivity index (χ1v) is 4.42. The fraction of sp³-hybridized carbons (Fsp3) is 0.333. The zero-order valence-electron chi connectivity index (χ0n) is 8.00. The molecule has 5 nitrogen and oxygen atoms in total. The van der Waals surface area contributed by atoms with Crippen LogP contribution >= 0.6 is 0 Å². The first-order valence-electron chi connectivity index (χ1n) is 4.42. The highest BCUT2D eigenvalue weighted by molar-refractivity contribution is 5.93. The minimum Gasteiger partial charge on any atom is -0.490 e. The maximum absolute atomic E-state index is 5.85. The lowest BCUT2D eigenvalue weighted by Crippen LogP contribution is -2.07. The second-order valence-electron chi connectivity index (χ2n) is 3.61. The van der Waals surface area contributed by atoms with Crippen LogP contribution in [0.25, 0.3) is 0 Å². The van der Waals surface area contributed by atoms with Crippen LogP contribution < -0.4 is 27.7 Å². The van der Waals surface area contributed by atoms with E-state index in [4.69, 9.17) is 27.7 Å². The summed E-state index contributed by atoms with van der Waals surface area (Å²) in [6.07, 6.45) is 0. The maximum Gasteiger partial charge on any atom is 0.150 e. The molecular formula is C9H14N4O. The van der Waals surface area contributed by atoms with Crippen LogP contribution in [0.5, 0.6) is 5.75 Å². The van der Waals surface area contributed by atoms with Crippen LogP contribution in [0.4, 0.5) is 22.7 Å². The van der Waals surface area contributed by atoms with Crippen molar-refractivity contribution in [1.29, 1.82) is 0 Å². The summed E-state index contributed by atoms with van der Waals surface area (Å²) >= 11 is 0. The van der Waals surface area contributed by atoms with E-state index in [9.17, 15) is 0 Å². The van der Waals surface area contributed by atoms with Crippen molar-refractivity contribution in [2.75, 3.05) is 29.5 Å². The highest BCUT2D eigenvalue weighted by Gasteiger charge is 2.28. The fourth-order valence-corrected chi connectivity index (χ4v) is 1.76. The van der Waals surface area contributed by atoms with Gasteiger partial charge in [-0.3, -0.25) is 0 Å². The number of anilines is 4. The van der Waals surface area contributed by atoms with E-state index in [0.29, 0.717) is 35.1 Å². The molecule has 1 aromatic rings. The number of hydrogen-bond donors (Lipinski definition) is 4. The van der Waals surface area contributed by atoms with Crippen molar-refractivity contribution in [3.05, 3.63) is 5.56 Å². The molecular weight excluding hydrogens is 180 g/mol. The summed E-state index contributed by atoms with van der Waals surface area (Å²) in [5.74, 6) is 0.817. The maximum atomic E-state index is 5.85. The number of benzene rings is 1. The summed E-state index contributed by atoms with van der Waals surface area (Å²) in [6, 6.07) is 0. The second kappa shape index (κ2) is 2.60. The van der Waals surface area contributed by atoms with E-state index < -0.39 is 0 Å². The minimum absolute atomic E-state index is 0.218. The van der Waals surface area contributed by atoms with Crippen LogP contribution in [0.1, 0.15) is 18.4 Å². The average molecular weight is 194 g/mol. The SMILES string of the molecule is CC1COc2c(N)c(N)c(N)c(N)c21. The van der Waals surface area contributed by atoms with E-state index in [1.807, 2.05) is 6.92 Å². The lowest BCUT2D eigenvalue weighted by molar-refractivity contribution is 0.339. The molecule has 0 aromatic heterocycles. The Kier molecular flexibility index (Phi) is 1.64. The predicted molar refractivity (Wildman–Crippen MR) is 58.0 cm³/mol. The molecule has 0 radical (unpaired) electrons. The first-order chi connectivity index (χ1) is 6.54. The van der Waals surface area contributed by atoms with Gasteiger partial charge in [-0.05, 0) is 0 Å². The molecule has 14 heavy (non-hydrogen) atoms. The Bertz CT molecular complexity index is 403. The Balaban J connectivity index is 2.77. The van der Waals surface area contributed by atoms with E-state index in [2.05, 4.69) is 0 Å². The van der Waals surface area contributed by atoms with Gasteiger partial charge in [0.1, 0.15) is 11.4 Å². The molecule has 0 bridgehead atoms. The standard InChI is InChI=1S/C9H14N4O/c1-3-2-14-9-4(3)5(10)6(11)7(12)8(9)13/h3H,2,10-13H2,1H3. The molecule has 1 heterocycles. The molecule has 1 aromatic carbocycles. The monoisotopic (exact) mass is 194 g/mol. The summed E-state index contributed by atoms with van der Waals surface area (Å²) in [6.45, 7) is 2.59. The topological polar surface area (TPSA) is 113 Å². The average Bonchev–Trinajstić information content (AvgIpc) is 2.54. The molecule has 76 valence electrons. The van der Waals surface area contributed by atoms with Crippen LogP contribution in [-0.4, -0.2) is 6.61 Å². The molecule has 0 aliphatic carbocycles. The third-order valence-electron chi connectivity index (χ3n) is 2.62. The van der Waals surface area contributed by atoms with Gasteiger partial charge in [-0.25, -0.2) is 0 Å². The van der Waals surface area contributed by atoms with Gasteiger partial charge >= 0.3 is 0 Å². The quantitative estimate of drug-likeness (QED) is 0.449. The van der Waals surface area contributed by atoms with Gasteiger partial charge in [0.05, 0.1) is 23.7 Å². The molecule has 0 amide bonds. The van der Waals surface area contributed by atoms with Gasteiger partial charge in [-0.1, -0.05) is 6.92 Å². The largest absolute Gasteiger partial charge is 0.490 e. The lowest BCUT2D eigenvalue weighted by atomic mass is 9.98. The Morgan fingerprint density at radius 1 is 1.00 bits per heavy atom.